The third-order valence-electron chi connectivity index (χ3n) is 4.69. The summed E-state index contributed by atoms with van der Waals surface area (Å²) in [7, 11) is 0. The van der Waals surface area contributed by atoms with Gasteiger partial charge in [-0.2, -0.15) is 0 Å². The molecule has 0 amide bonds. The van der Waals surface area contributed by atoms with Gasteiger partial charge < -0.3 is 5.32 Å². The molecule has 0 aromatic carbocycles. The molecular formula is C14H28N2. The molecule has 2 aliphatic rings. The van der Waals surface area contributed by atoms with Gasteiger partial charge in [-0.1, -0.05) is 13.8 Å². The summed E-state index contributed by atoms with van der Waals surface area (Å²) in [4.78, 5) is 2.80. The van der Waals surface area contributed by atoms with Crippen LogP contribution >= 0.6 is 0 Å². The minimum Gasteiger partial charge on any atom is -0.312 e. The lowest BCUT2D eigenvalue weighted by Gasteiger charge is -2.47. The summed E-state index contributed by atoms with van der Waals surface area (Å²) in [6.45, 7) is 10.9. The van der Waals surface area contributed by atoms with Gasteiger partial charge in [0.1, 0.15) is 0 Å². The number of piperidine rings is 1. The Hall–Kier alpha value is -0.0800. The molecule has 2 nitrogen and oxygen atoms in total. The van der Waals surface area contributed by atoms with E-state index in [1.165, 1.54) is 51.7 Å². The van der Waals surface area contributed by atoms with Crippen LogP contribution in [0, 0.1) is 5.92 Å². The van der Waals surface area contributed by atoms with Crippen molar-refractivity contribution in [1.29, 1.82) is 0 Å². The van der Waals surface area contributed by atoms with Crippen LogP contribution in [-0.2, 0) is 0 Å². The fourth-order valence-electron chi connectivity index (χ4n) is 3.60. The zero-order valence-electron chi connectivity index (χ0n) is 11.3. The van der Waals surface area contributed by atoms with Gasteiger partial charge >= 0.3 is 0 Å². The van der Waals surface area contributed by atoms with Crippen LogP contribution in [0.4, 0.5) is 0 Å². The Labute approximate surface area is 101 Å². The average Bonchev–Trinajstić information content (AvgIpc) is 2.64. The van der Waals surface area contributed by atoms with Crippen LogP contribution in [0.1, 0.15) is 52.9 Å². The lowest BCUT2D eigenvalue weighted by atomic mass is 9.80. The zero-order chi connectivity index (χ0) is 11.6. The first-order chi connectivity index (χ1) is 7.65. The van der Waals surface area contributed by atoms with E-state index in [1.807, 2.05) is 0 Å². The predicted molar refractivity (Wildman–Crippen MR) is 69.7 cm³/mol. The Balaban J connectivity index is 2.00. The highest BCUT2D eigenvalue weighted by Crippen LogP contribution is 2.38. The first-order valence-electron chi connectivity index (χ1n) is 7.13. The lowest BCUT2D eigenvalue weighted by molar-refractivity contribution is 0.0642. The van der Waals surface area contributed by atoms with Crippen LogP contribution < -0.4 is 5.32 Å². The summed E-state index contributed by atoms with van der Waals surface area (Å²) in [6, 6.07) is 0.691. The third-order valence-corrected chi connectivity index (χ3v) is 4.69. The molecule has 1 spiro atoms. The van der Waals surface area contributed by atoms with Crippen LogP contribution in [0.3, 0.4) is 0 Å². The molecule has 1 N–H and O–H groups in total. The standard InChI is InChI=1S/C14H28N2/c1-12(2)6-11-16-10-5-8-14(16)7-4-9-15-13(14)3/h12-13,15H,4-11H2,1-3H3. The van der Waals surface area contributed by atoms with Crippen LogP contribution in [0.15, 0.2) is 0 Å². The topological polar surface area (TPSA) is 15.3 Å². The van der Waals surface area contributed by atoms with Crippen molar-refractivity contribution >= 4 is 0 Å². The van der Waals surface area contributed by atoms with E-state index >= 15 is 0 Å². The minimum atomic E-state index is 0.507. The van der Waals surface area contributed by atoms with Gasteiger partial charge in [0.15, 0.2) is 0 Å². The van der Waals surface area contributed by atoms with Gasteiger partial charge in [0.05, 0.1) is 0 Å². The highest BCUT2D eigenvalue weighted by Gasteiger charge is 2.45. The van der Waals surface area contributed by atoms with E-state index in [-0.39, 0.29) is 0 Å². The molecule has 0 aliphatic carbocycles. The second-order valence-corrected chi connectivity index (χ2v) is 6.16. The molecule has 94 valence electrons. The van der Waals surface area contributed by atoms with E-state index < -0.39 is 0 Å². The largest absolute Gasteiger partial charge is 0.312 e. The molecule has 2 atom stereocenters. The maximum Gasteiger partial charge on any atom is 0.0360 e. The quantitative estimate of drug-likeness (QED) is 0.793. The maximum atomic E-state index is 3.69. The number of rotatable bonds is 3. The molecule has 0 aromatic heterocycles. The molecule has 2 saturated heterocycles. The number of nitrogens with zero attached hydrogens (tertiary/aromatic N) is 1. The average molecular weight is 224 g/mol. The van der Waals surface area contributed by atoms with Gasteiger partial charge in [-0.05, 0) is 64.6 Å². The highest BCUT2D eigenvalue weighted by atomic mass is 15.3. The molecule has 16 heavy (non-hydrogen) atoms. The van der Waals surface area contributed by atoms with Crippen LogP contribution in [0.5, 0.6) is 0 Å². The molecule has 2 heterocycles. The van der Waals surface area contributed by atoms with Crippen molar-refractivity contribution in [2.75, 3.05) is 19.6 Å². The molecule has 0 bridgehead atoms. The molecule has 2 aliphatic heterocycles. The van der Waals surface area contributed by atoms with Gasteiger partial charge in [0.25, 0.3) is 0 Å². The Morgan fingerprint density at radius 1 is 1.31 bits per heavy atom. The number of hydrogen-bond donors (Lipinski definition) is 1. The summed E-state index contributed by atoms with van der Waals surface area (Å²) in [5, 5.41) is 3.69. The Kier molecular flexibility index (Phi) is 3.91. The van der Waals surface area contributed by atoms with Gasteiger partial charge in [0.2, 0.25) is 0 Å². The fourth-order valence-corrected chi connectivity index (χ4v) is 3.60. The third kappa shape index (κ3) is 2.28. The van der Waals surface area contributed by atoms with Crippen molar-refractivity contribution in [3.63, 3.8) is 0 Å². The van der Waals surface area contributed by atoms with Crippen molar-refractivity contribution in [1.82, 2.24) is 10.2 Å². The highest BCUT2D eigenvalue weighted by molar-refractivity contribution is 5.04. The van der Waals surface area contributed by atoms with Gasteiger partial charge in [-0.3, -0.25) is 4.90 Å². The number of nitrogens with one attached hydrogen (secondary N) is 1. The number of hydrogen-bond acceptors (Lipinski definition) is 2. The fraction of sp³-hybridized carbons (Fsp3) is 1.00. The van der Waals surface area contributed by atoms with Gasteiger partial charge in [0, 0.05) is 11.6 Å². The second kappa shape index (κ2) is 5.05. The Bertz CT molecular complexity index is 227. The van der Waals surface area contributed by atoms with Crippen molar-refractivity contribution in [2.45, 2.75) is 64.5 Å². The number of likely N-dealkylation sites (tertiary alicyclic amines) is 1. The molecule has 2 fully saturated rings. The summed E-state index contributed by atoms with van der Waals surface area (Å²) < 4.78 is 0. The van der Waals surface area contributed by atoms with Gasteiger partial charge in [-0.15, -0.1) is 0 Å². The van der Waals surface area contributed by atoms with E-state index in [1.54, 1.807) is 0 Å². The molecular weight excluding hydrogens is 196 g/mol. The maximum absolute atomic E-state index is 3.69. The van der Waals surface area contributed by atoms with Crippen LogP contribution in [0.25, 0.3) is 0 Å². The van der Waals surface area contributed by atoms with E-state index in [9.17, 15) is 0 Å². The minimum absolute atomic E-state index is 0.507. The summed E-state index contributed by atoms with van der Waals surface area (Å²) in [5.41, 5.74) is 0.507. The lowest BCUT2D eigenvalue weighted by Crippen LogP contribution is -2.60. The second-order valence-electron chi connectivity index (χ2n) is 6.16. The monoisotopic (exact) mass is 224 g/mol. The molecule has 2 rings (SSSR count). The first-order valence-corrected chi connectivity index (χ1v) is 7.13. The summed E-state index contributed by atoms with van der Waals surface area (Å²) in [6.07, 6.45) is 6.96. The van der Waals surface area contributed by atoms with Crippen molar-refractivity contribution in [2.24, 2.45) is 5.92 Å². The molecule has 2 unspecified atom stereocenters. The Morgan fingerprint density at radius 2 is 2.06 bits per heavy atom. The van der Waals surface area contributed by atoms with Crippen molar-refractivity contribution in [3.05, 3.63) is 0 Å². The van der Waals surface area contributed by atoms with E-state index in [0.717, 1.165) is 5.92 Å². The van der Waals surface area contributed by atoms with Crippen LogP contribution in [-0.4, -0.2) is 36.1 Å². The van der Waals surface area contributed by atoms with E-state index in [2.05, 4.69) is 31.0 Å². The smallest absolute Gasteiger partial charge is 0.0360 e. The van der Waals surface area contributed by atoms with Crippen LogP contribution in [0.2, 0.25) is 0 Å². The van der Waals surface area contributed by atoms with Gasteiger partial charge in [-0.25, -0.2) is 0 Å². The normalized spacial score (nSPS) is 36.4. The van der Waals surface area contributed by atoms with E-state index in [4.69, 9.17) is 0 Å². The SMILES string of the molecule is CC(C)CCN1CCCC12CCCNC2C. The summed E-state index contributed by atoms with van der Waals surface area (Å²) >= 11 is 0. The first kappa shape index (κ1) is 12.4. The zero-order valence-corrected chi connectivity index (χ0v) is 11.3. The Morgan fingerprint density at radius 3 is 2.75 bits per heavy atom. The molecule has 0 aromatic rings. The molecule has 0 saturated carbocycles. The molecule has 0 radical (unpaired) electrons. The predicted octanol–water partition coefficient (Wildman–Crippen LogP) is 2.64. The van der Waals surface area contributed by atoms with Crippen molar-refractivity contribution < 1.29 is 0 Å². The van der Waals surface area contributed by atoms with Crippen molar-refractivity contribution in [3.8, 4) is 0 Å². The summed E-state index contributed by atoms with van der Waals surface area (Å²) in [5.74, 6) is 0.838. The molecule has 2 heteroatoms. The van der Waals surface area contributed by atoms with E-state index in [0.29, 0.717) is 11.6 Å².